The predicted octanol–water partition coefficient (Wildman–Crippen LogP) is 3.40. The molecule has 0 aromatic rings. The monoisotopic (exact) mass is 355 g/mol. The van der Waals surface area contributed by atoms with Crippen LogP contribution in [0, 0.1) is 5.92 Å². The Balaban J connectivity index is 0. The molecular weight excluding hydrogens is 325 g/mol. The average molecular weight is 355 g/mol. The van der Waals surface area contributed by atoms with Crippen LogP contribution in [-0.4, -0.2) is 25.6 Å². The van der Waals surface area contributed by atoms with Gasteiger partial charge in [0.2, 0.25) is 0 Å². The van der Waals surface area contributed by atoms with Gasteiger partial charge in [0.25, 0.3) is 0 Å². The van der Waals surface area contributed by atoms with Crippen LogP contribution in [0.4, 0.5) is 0 Å². The van der Waals surface area contributed by atoms with Gasteiger partial charge in [-0.3, -0.25) is 4.99 Å². The first-order chi connectivity index (χ1) is 7.78. The van der Waals surface area contributed by atoms with Crippen LogP contribution in [0.1, 0.15) is 53.4 Å². The number of rotatable bonds is 8. The Morgan fingerprint density at radius 2 is 1.65 bits per heavy atom. The number of nitrogens with zero attached hydrogens (tertiary/aromatic N) is 1. The lowest BCUT2D eigenvalue weighted by molar-refractivity contribution is 0.461. The summed E-state index contributed by atoms with van der Waals surface area (Å²) in [5.41, 5.74) is 0. The van der Waals surface area contributed by atoms with Gasteiger partial charge in [-0.25, -0.2) is 0 Å². The maximum atomic E-state index is 4.62. The zero-order valence-electron chi connectivity index (χ0n) is 11.9. The molecule has 4 heteroatoms. The van der Waals surface area contributed by atoms with Gasteiger partial charge in [0.1, 0.15) is 0 Å². The van der Waals surface area contributed by atoms with Gasteiger partial charge in [-0.15, -0.1) is 24.0 Å². The Hall–Kier alpha value is 0. The zero-order chi connectivity index (χ0) is 12.2. The fourth-order valence-corrected chi connectivity index (χ4v) is 1.65. The summed E-state index contributed by atoms with van der Waals surface area (Å²) in [5.74, 6) is 1.70. The lowest BCUT2D eigenvalue weighted by atomic mass is 10.00. The van der Waals surface area contributed by atoms with Gasteiger partial charge in [0, 0.05) is 19.6 Å². The lowest BCUT2D eigenvalue weighted by Crippen LogP contribution is -2.37. The van der Waals surface area contributed by atoms with E-state index >= 15 is 0 Å². The Labute approximate surface area is 124 Å². The van der Waals surface area contributed by atoms with Gasteiger partial charge in [0.05, 0.1) is 0 Å². The number of nitrogens with one attached hydrogen (secondary N) is 2. The Morgan fingerprint density at radius 1 is 1.06 bits per heavy atom. The molecule has 0 fully saturated rings. The van der Waals surface area contributed by atoms with Crippen molar-refractivity contribution in [3.05, 3.63) is 0 Å². The van der Waals surface area contributed by atoms with E-state index in [1.807, 2.05) is 0 Å². The van der Waals surface area contributed by atoms with Crippen LogP contribution < -0.4 is 10.6 Å². The molecule has 104 valence electrons. The summed E-state index contributed by atoms with van der Waals surface area (Å²) in [6.07, 6.45) is 5.15. The van der Waals surface area contributed by atoms with Crippen molar-refractivity contribution in [2.24, 2.45) is 10.9 Å². The molecule has 0 heterocycles. The highest BCUT2D eigenvalue weighted by atomic mass is 127. The van der Waals surface area contributed by atoms with Crippen LogP contribution in [0.15, 0.2) is 4.99 Å². The third-order valence-corrected chi connectivity index (χ3v) is 2.74. The topological polar surface area (TPSA) is 36.4 Å². The maximum Gasteiger partial charge on any atom is 0.191 e. The van der Waals surface area contributed by atoms with Crippen molar-refractivity contribution < 1.29 is 0 Å². The minimum Gasteiger partial charge on any atom is -0.357 e. The number of unbranched alkanes of at least 4 members (excludes halogenated alkanes) is 1. The van der Waals surface area contributed by atoms with Crippen molar-refractivity contribution in [1.29, 1.82) is 0 Å². The van der Waals surface area contributed by atoms with Crippen molar-refractivity contribution in [2.45, 2.75) is 53.4 Å². The van der Waals surface area contributed by atoms with Crippen molar-refractivity contribution in [2.75, 3.05) is 19.6 Å². The van der Waals surface area contributed by atoms with Crippen molar-refractivity contribution in [3.63, 3.8) is 0 Å². The first-order valence-corrected chi connectivity index (χ1v) is 6.80. The highest BCUT2D eigenvalue weighted by molar-refractivity contribution is 14.0. The van der Waals surface area contributed by atoms with E-state index < -0.39 is 0 Å². The van der Waals surface area contributed by atoms with Crippen LogP contribution in [0.3, 0.4) is 0 Å². The summed E-state index contributed by atoms with van der Waals surface area (Å²) in [7, 11) is 0. The zero-order valence-corrected chi connectivity index (χ0v) is 14.2. The van der Waals surface area contributed by atoms with Crippen LogP contribution in [0.25, 0.3) is 0 Å². The van der Waals surface area contributed by atoms with Crippen LogP contribution in [0.5, 0.6) is 0 Å². The van der Waals surface area contributed by atoms with E-state index in [1.54, 1.807) is 0 Å². The summed E-state index contributed by atoms with van der Waals surface area (Å²) in [5, 5.41) is 6.52. The largest absolute Gasteiger partial charge is 0.357 e. The SMILES string of the molecule is CCCCC(CC)CN=C(NCC)NCC.I. The van der Waals surface area contributed by atoms with Crippen molar-refractivity contribution >= 4 is 29.9 Å². The molecule has 0 rings (SSSR count). The van der Waals surface area contributed by atoms with E-state index in [2.05, 4.69) is 43.3 Å². The minimum atomic E-state index is 0. The van der Waals surface area contributed by atoms with Gasteiger partial charge in [-0.1, -0.05) is 33.1 Å². The van der Waals surface area contributed by atoms with E-state index in [1.165, 1.54) is 25.7 Å². The number of aliphatic imine (C=N–C) groups is 1. The smallest absolute Gasteiger partial charge is 0.191 e. The summed E-state index contributed by atoms with van der Waals surface area (Å²) in [6, 6.07) is 0. The van der Waals surface area contributed by atoms with Gasteiger partial charge >= 0.3 is 0 Å². The predicted molar refractivity (Wildman–Crippen MR) is 88.4 cm³/mol. The Bertz CT molecular complexity index is 176. The molecule has 0 radical (unpaired) electrons. The highest BCUT2D eigenvalue weighted by Gasteiger charge is 2.05. The molecule has 0 bridgehead atoms. The number of hydrogen-bond acceptors (Lipinski definition) is 1. The summed E-state index contributed by atoms with van der Waals surface area (Å²) < 4.78 is 0. The summed E-state index contributed by atoms with van der Waals surface area (Å²) >= 11 is 0. The molecule has 2 N–H and O–H groups in total. The van der Waals surface area contributed by atoms with E-state index in [9.17, 15) is 0 Å². The first kappa shape index (κ1) is 19.3. The first-order valence-electron chi connectivity index (χ1n) is 6.80. The highest BCUT2D eigenvalue weighted by Crippen LogP contribution is 2.12. The van der Waals surface area contributed by atoms with E-state index in [4.69, 9.17) is 0 Å². The third kappa shape index (κ3) is 10.9. The quantitative estimate of drug-likeness (QED) is 0.398. The molecule has 1 unspecified atom stereocenters. The van der Waals surface area contributed by atoms with Gasteiger partial charge in [-0.2, -0.15) is 0 Å². The van der Waals surface area contributed by atoms with Crippen LogP contribution >= 0.6 is 24.0 Å². The number of hydrogen-bond donors (Lipinski definition) is 2. The van der Waals surface area contributed by atoms with E-state index in [0.29, 0.717) is 0 Å². The van der Waals surface area contributed by atoms with Gasteiger partial charge < -0.3 is 10.6 Å². The minimum absolute atomic E-state index is 0. The second kappa shape index (κ2) is 14.1. The second-order valence-corrected chi connectivity index (χ2v) is 4.17. The fourth-order valence-electron chi connectivity index (χ4n) is 1.65. The molecule has 0 saturated carbocycles. The van der Waals surface area contributed by atoms with Gasteiger partial charge in [-0.05, 0) is 26.2 Å². The Morgan fingerprint density at radius 3 is 2.06 bits per heavy atom. The molecule has 0 spiro atoms. The summed E-state index contributed by atoms with van der Waals surface area (Å²) in [4.78, 5) is 4.62. The van der Waals surface area contributed by atoms with Gasteiger partial charge in [0.15, 0.2) is 5.96 Å². The van der Waals surface area contributed by atoms with Crippen LogP contribution in [0.2, 0.25) is 0 Å². The molecule has 0 amide bonds. The average Bonchev–Trinajstić information content (AvgIpc) is 2.30. The van der Waals surface area contributed by atoms with E-state index in [-0.39, 0.29) is 24.0 Å². The van der Waals surface area contributed by atoms with Crippen molar-refractivity contribution in [3.8, 4) is 0 Å². The molecule has 1 atom stereocenters. The molecule has 3 nitrogen and oxygen atoms in total. The molecule has 0 saturated heterocycles. The maximum absolute atomic E-state index is 4.62. The molecule has 0 aliphatic heterocycles. The molecular formula is C13H30IN3. The standard InChI is InChI=1S/C13H29N3.HI/c1-5-9-10-12(6-2)11-16-13(14-7-3)15-8-4;/h12H,5-11H2,1-4H3,(H2,14,15,16);1H. The van der Waals surface area contributed by atoms with E-state index in [0.717, 1.165) is 31.5 Å². The third-order valence-electron chi connectivity index (χ3n) is 2.74. The molecule has 17 heavy (non-hydrogen) atoms. The second-order valence-electron chi connectivity index (χ2n) is 4.17. The molecule has 0 aromatic heterocycles. The number of guanidine groups is 1. The molecule has 0 aliphatic rings. The van der Waals surface area contributed by atoms with Crippen LogP contribution in [-0.2, 0) is 0 Å². The lowest BCUT2D eigenvalue weighted by Gasteiger charge is -2.14. The molecule has 0 aliphatic carbocycles. The fraction of sp³-hybridized carbons (Fsp3) is 0.923. The van der Waals surface area contributed by atoms with Crippen molar-refractivity contribution in [1.82, 2.24) is 10.6 Å². The summed E-state index contributed by atoms with van der Waals surface area (Å²) in [6.45, 7) is 11.5. The normalized spacial score (nSPS) is 11.3. The number of halogens is 1. The molecule has 0 aromatic carbocycles. The Kier molecular flexibility index (Phi) is 16.0.